The van der Waals surface area contributed by atoms with Gasteiger partial charge in [-0.2, -0.15) is 0 Å². The summed E-state index contributed by atoms with van der Waals surface area (Å²) in [6, 6.07) is 6.39. The number of nitrogens with zero attached hydrogens (tertiary/aromatic N) is 1. The Kier molecular flexibility index (Phi) is 4.46. The fourth-order valence-electron chi connectivity index (χ4n) is 3.16. The zero-order valence-corrected chi connectivity index (χ0v) is 12.4. The van der Waals surface area contributed by atoms with Crippen LogP contribution in [-0.2, 0) is 0 Å². The van der Waals surface area contributed by atoms with Gasteiger partial charge in [-0.25, -0.2) is 4.39 Å². The molecule has 1 saturated heterocycles. The number of piperidine rings is 1. The Bertz CT molecular complexity index is 433. The quantitative estimate of drug-likeness (QED) is 0.900. The first kappa shape index (κ1) is 14.3. The molecule has 106 valence electrons. The fourth-order valence-corrected chi connectivity index (χ4v) is 3.16. The molecule has 1 heterocycles. The van der Waals surface area contributed by atoms with Crippen molar-refractivity contribution >= 4 is 5.69 Å². The summed E-state index contributed by atoms with van der Waals surface area (Å²) in [6.45, 7) is 10.6. The smallest absolute Gasteiger partial charge is 0.128 e. The predicted molar refractivity (Wildman–Crippen MR) is 79.2 cm³/mol. The van der Waals surface area contributed by atoms with Crippen LogP contribution in [0.15, 0.2) is 18.2 Å². The summed E-state index contributed by atoms with van der Waals surface area (Å²) < 4.78 is 13.7. The fraction of sp³-hybridized carbons (Fsp3) is 0.625. The van der Waals surface area contributed by atoms with Gasteiger partial charge in [0.15, 0.2) is 0 Å². The molecule has 3 atom stereocenters. The van der Waals surface area contributed by atoms with Crippen molar-refractivity contribution in [1.82, 2.24) is 5.32 Å². The van der Waals surface area contributed by atoms with Gasteiger partial charge in [-0.15, -0.1) is 0 Å². The summed E-state index contributed by atoms with van der Waals surface area (Å²) in [5, 5.41) is 3.56. The number of benzene rings is 1. The molecule has 2 rings (SSSR count). The van der Waals surface area contributed by atoms with E-state index in [1.165, 1.54) is 6.07 Å². The van der Waals surface area contributed by atoms with Gasteiger partial charge in [0.25, 0.3) is 0 Å². The lowest BCUT2D eigenvalue weighted by Gasteiger charge is -2.44. The van der Waals surface area contributed by atoms with Gasteiger partial charge in [0.05, 0.1) is 0 Å². The van der Waals surface area contributed by atoms with Gasteiger partial charge in [-0.3, -0.25) is 0 Å². The second kappa shape index (κ2) is 5.91. The monoisotopic (exact) mass is 264 g/mol. The maximum Gasteiger partial charge on any atom is 0.128 e. The lowest BCUT2D eigenvalue weighted by atomic mass is 9.86. The molecule has 1 aliphatic heterocycles. The minimum absolute atomic E-state index is 0.105. The van der Waals surface area contributed by atoms with Crippen molar-refractivity contribution < 1.29 is 4.39 Å². The van der Waals surface area contributed by atoms with Gasteiger partial charge in [0, 0.05) is 29.9 Å². The van der Waals surface area contributed by atoms with Crippen LogP contribution >= 0.6 is 0 Å². The Morgan fingerprint density at radius 1 is 1.37 bits per heavy atom. The molecule has 1 aromatic rings. The van der Waals surface area contributed by atoms with Crippen LogP contribution in [0.25, 0.3) is 0 Å². The maximum absolute atomic E-state index is 13.7. The Balaban J connectivity index is 2.21. The predicted octanol–water partition coefficient (Wildman–Crippen LogP) is 3.35. The van der Waals surface area contributed by atoms with Crippen molar-refractivity contribution in [3.05, 3.63) is 29.6 Å². The highest BCUT2D eigenvalue weighted by molar-refractivity contribution is 5.54. The van der Waals surface area contributed by atoms with E-state index in [9.17, 15) is 4.39 Å². The number of rotatable bonds is 3. The van der Waals surface area contributed by atoms with Crippen LogP contribution in [0.5, 0.6) is 0 Å². The molecule has 1 aromatic carbocycles. The molecular weight excluding hydrogens is 239 g/mol. The molecule has 0 radical (unpaired) electrons. The van der Waals surface area contributed by atoms with Crippen LogP contribution in [0.2, 0.25) is 0 Å². The van der Waals surface area contributed by atoms with Crippen molar-refractivity contribution in [3.63, 3.8) is 0 Å². The van der Waals surface area contributed by atoms with Gasteiger partial charge in [0.2, 0.25) is 0 Å². The van der Waals surface area contributed by atoms with Gasteiger partial charge >= 0.3 is 0 Å². The molecule has 0 aromatic heterocycles. The van der Waals surface area contributed by atoms with Gasteiger partial charge in [-0.1, -0.05) is 19.9 Å². The van der Waals surface area contributed by atoms with Crippen molar-refractivity contribution in [2.24, 2.45) is 5.92 Å². The number of hydrogen-bond acceptors (Lipinski definition) is 2. The van der Waals surface area contributed by atoms with E-state index >= 15 is 0 Å². The third-order valence-electron chi connectivity index (χ3n) is 4.58. The van der Waals surface area contributed by atoms with Crippen LogP contribution in [0.3, 0.4) is 0 Å². The van der Waals surface area contributed by atoms with E-state index < -0.39 is 0 Å². The largest absolute Gasteiger partial charge is 0.368 e. The van der Waals surface area contributed by atoms with E-state index in [1.807, 2.05) is 19.1 Å². The number of anilines is 1. The first-order chi connectivity index (χ1) is 9.06. The van der Waals surface area contributed by atoms with E-state index in [-0.39, 0.29) is 5.82 Å². The number of hydrogen-bond donors (Lipinski definition) is 1. The Morgan fingerprint density at radius 3 is 2.79 bits per heavy atom. The maximum atomic E-state index is 13.7. The average molecular weight is 264 g/mol. The molecule has 3 unspecified atom stereocenters. The van der Waals surface area contributed by atoms with E-state index in [0.717, 1.165) is 30.8 Å². The molecule has 1 N–H and O–H groups in total. The Hall–Kier alpha value is -1.09. The molecule has 0 bridgehead atoms. The van der Waals surface area contributed by atoms with Crippen molar-refractivity contribution in [3.8, 4) is 0 Å². The van der Waals surface area contributed by atoms with Gasteiger partial charge in [-0.05, 0) is 44.9 Å². The number of nitrogens with one attached hydrogen (secondary N) is 1. The molecule has 1 aliphatic rings. The lowest BCUT2D eigenvalue weighted by Crippen LogP contribution is -2.53. The van der Waals surface area contributed by atoms with Crippen LogP contribution in [0, 0.1) is 18.7 Å². The molecular formula is C16H25FN2. The van der Waals surface area contributed by atoms with E-state index in [0.29, 0.717) is 18.0 Å². The van der Waals surface area contributed by atoms with Crippen molar-refractivity contribution in [2.75, 3.05) is 18.0 Å². The van der Waals surface area contributed by atoms with E-state index in [4.69, 9.17) is 0 Å². The topological polar surface area (TPSA) is 15.3 Å². The molecule has 0 spiro atoms. The molecule has 0 aliphatic carbocycles. The molecule has 0 saturated carbocycles. The lowest BCUT2D eigenvalue weighted by molar-refractivity contribution is 0.274. The minimum Gasteiger partial charge on any atom is -0.368 e. The first-order valence-corrected chi connectivity index (χ1v) is 7.31. The number of halogens is 1. The first-order valence-electron chi connectivity index (χ1n) is 7.31. The highest BCUT2D eigenvalue weighted by atomic mass is 19.1. The summed E-state index contributed by atoms with van der Waals surface area (Å²) in [6.07, 6.45) is 1.12. The highest BCUT2D eigenvalue weighted by Crippen LogP contribution is 2.31. The van der Waals surface area contributed by atoms with E-state index in [1.54, 1.807) is 0 Å². The average Bonchev–Trinajstić information content (AvgIpc) is 2.39. The van der Waals surface area contributed by atoms with Crippen LogP contribution < -0.4 is 10.2 Å². The molecule has 1 fully saturated rings. The summed E-state index contributed by atoms with van der Waals surface area (Å²) in [5.41, 5.74) is 1.82. The zero-order chi connectivity index (χ0) is 14.0. The highest BCUT2D eigenvalue weighted by Gasteiger charge is 2.32. The van der Waals surface area contributed by atoms with Crippen LogP contribution in [0.4, 0.5) is 10.1 Å². The SMILES string of the molecule is CCNC1CCN(c2cccc(F)c2C)C(C)C1C. The van der Waals surface area contributed by atoms with E-state index in [2.05, 4.69) is 31.0 Å². The molecule has 19 heavy (non-hydrogen) atoms. The second-order valence-corrected chi connectivity index (χ2v) is 5.63. The molecule has 3 heteroatoms. The summed E-state index contributed by atoms with van der Waals surface area (Å²) >= 11 is 0. The van der Waals surface area contributed by atoms with Crippen LogP contribution in [0.1, 0.15) is 32.8 Å². The molecule has 0 amide bonds. The van der Waals surface area contributed by atoms with Gasteiger partial charge < -0.3 is 10.2 Å². The Morgan fingerprint density at radius 2 is 2.11 bits per heavy atom. The normalized spacial score (nSPS) is 27.6. The summed E-state index contributed by atoms with van der Waals surface area (Å²) in [5.74, 6) is 0.461. The summed E-state index contributed by atoms with van der Waals surface area (Å²) in [7, 11) is 0. The van der Waals surface area contributed by atoms with Crippen molar-refractivity contribution in [1.29, 1.82) is 0 Å². The third-order valence-corrected chi connectivity index (χ3v) is 4.58. The summed E-state index contributed by atoms with van der Waals surface area (Å²) in [4.78, 5) is 2.36. The van der Waals surface area contributed by atoms with Gasteiger partial charge in [0.1, 0.15) is 5.82 Å². The third kappa shape index (κ3) is 2.76. The Labute approximate surface area is 116 Å². The van der Waals surface area contributed by atoms with Crippen LogP contribution in [-0.4, -0.2) is 25.2 Å². The molecule has 2 nitrogen and oxygen atoms in total. The van der Waals surface area contributed by atoms with Crippen molar-refractivity contribution in [2.45, 2.75) is 46.2 Å². The second-order valence-electron chi connectivity index (χ2n) is 5.63. The zero-order valence-electron chi connectivity index (χ0n) is 12.4. The standard InChI is InChI=1S/C16H25FN2/c1-5-18-15-9-10-19(13(4)11(15)2)16-8-6-7-14(17)12(16)3/h6-8,11,13,15,18H,5,9-10H2,1-4H3. The minimum atomic E-state index is -0.105.